The number of fused-ring (bicyclic) bond motifs is 1. The summed E-state index contributed by atoms with van der Waals surface area (Å²) in [5, 5.41) is 0. The van der Waals surface area contributed by atoms with Crippen molar-refractivity contribution in [2.45, 2.75) is 19.3 Å². The molecular weight excluding hydrogens is 180 g/mol. The van der Waals surface area contributed by atoms with Crippen molar-refractivity contribution in [3.05, 3.63) is 59.8 Å². The summed E-state index contributed by atoms with van der Waals surface area (Å²) in [7, 11) is 0. The predicted octanol–water partition coefficient (Wildman–Crippen LogP) is 3.95. The van der Waals surface area contributed by atoms with Crippen molar-refractivity contribution in [1.29, 1.82) is 0 Å². The third-order valence-electron chi connectivity index (χ3n) is 3.84. The Morgan fingerprint density at radius 3 is 2.87 bits per heavy atom. The highest BCUT2D eigenvalue weighted by Gasteiger charge is 2.33. The standard InChI is InChI=1S/C15H16/c1-11-5-4-8-13(11)15-10-9-12-6-2-3-7-14(12)15/h2-5,7-8,12,15H,1,6,9-10H2. The van der Waals surface area contributed by atoms with Gasteiger partial charge in [0.1, 0.15) is 0 Å². The SMILES string of the molecule is C=C1C=CC=C1C1CCC2CC=CC=C21. The first kappa shape index (κ1) is 8.96. The normalized spacial score (nSPS) is 32.9. The molecule has 3 aliphatic carbocycles. The molecule has 0 saturated heterocycles. The fourth-order valence-corrected chi connectivity index (χ4v) is 3.06. The molecule has 0 aliphatic heterocycles. The maximum absolute atomic E-state index is 4.12. The molecule has 3 rings (SSSR count). The van der Waals surface area contributed by atoms with Crippen LogP contribution in [0.15, 0.2) is 59.8 Å². The molecule has 76 valence electrons. The van der Waals surface area contributed by atoms with Crippen LogP contribution in [0, 0.1) is 11.8 Å². The summed E-state index contributed by atoms with van der Waals surface area (Å²) < 4.78 is 0. The Morgan fingerprint density at radius 1 is 1.13 bits per heavy atom. The molecule has 1 fully saturated rings. The third-order valence-corrected chi connectivity index (χ3v) is 3.84. The van der Waals surface area contributed by atoms with Crippen molar-refractivity contribution in [1.82, 2.24) is 0 Å². The van der Waals surface area contributed by atoms with Gasteiger partial charge in [-0.2, -0.15) is 0 Å². The fourth-order valence-electron chi connectivity index (χ4n) is 3.06. The second kappa shape index (κ2) is 3.37. The summed E-state index contributed by atoms with van der Waals surface area (Å²) in [6.45, 7) is 4.12. The van der Waals surface area contributed by atoms with Crippen LogP contribution >= 0.6 is 0 Å². The van der Waals surface area contributed by atoms with Crippen LogP contribution in [0.5, 0.6) is 0 Å². The summed E-state index contributed by atoms with van der Waals surface area (Å²) in [5.41, 5.74) is 4.32. The van der Waals surface area contributed by atoms with Gasteiger partial charge in [-0.3, -0.25) is 0 Å². The second-order valence-electron chi connectivity index (χ2n) is 4.66. The minimum Gasteiger partial charge on any atom is -0.0915 e. The van der Waals surface area contributed by atoms with Crippen LogP contribution in [0.4, 0.5) is 0 Å². The molecule has 15 heavy (non-hydrogen) atoms. The first-order valence-corrected chi connectivity index (χ1v) is 5.80. The molecule has 0 aromatic rings. The molecule has 2 unspecified atom stereocenters. The van der Waals surface area contributed by atoms with Crippen molar-refractivity contribution in [3.63, 3.8) is 0 Å². The lowest BCUT2D eigenvalue weighted by Gasteiger charge is -2.19. The Bertz CT molecular complexity index is 415. The van der Waals surface area contributed by atoms with Crippen LogP contribution in [-0.4, -0.2) is 0 Å². The quantitative estimate of drug-likeness (QED) is 0.595. The van der Waals surface area contributed by atoms with Gasteiger partial charge in [-0.15, -0.1) is 0 Å². The average Bonchev–Trinajstić information content (AvgIpc) is 2.83. The van der Waals surface area contributed by atoms with Gasteiger partial charge in [0.25, 0.3) is 0 Å². The minimum atomic E-state index is 0.655. The van der Waals surface area contributed by atoms with Crippen molar-refractivity contribution >= 4 is 0 Å². The number of allylic oxidation sites excluding steroid dienone is 9. The fraction of sp³-hybridized carbons (Fsp3) is 0.333. The van der Waals surface area contributed by atoms with E-state index in [1.54, 1.807) is 5.57 Å². The molecule has 0 spiro atoms. The van der Waals surface area contributed by atoms with Crippen molar-refractivity contribution in [2.24, 2.45) is 11.8 Å². The lowest BCUT2D eigenvalue weighted by molar-refractivity contribution is 0.632. The molecule has 0 heterocycles. The maximum Gasteiger partial charge on any atom is 0.00601 e. The second-order valence-corrected chi connectivity index (χ2v) is 4.66. The van der Waals surface area contributed by atoms with Crippen molar-refractivity contribution in [3.8, 4) is 0 Å². The molecular formula is C15H16. The van der Waals surface area contributed by atoms with Gasteiger partial charge in [-0.1, -0.05) is 48.6 Å². The highest BCUT2D eigenvalue weighted by Crippen LogP contribution is 2.46. The Balaban J connectivity index is 1.92. The molecule has 0 nitrogen and oxygen atoms in total. The van der Waals surface area contributed by atoms with Crippen LogP contribution < -0.4 is 0 Å². The summed E-state index contributed by atoms with van der Waals surface area (Å²) in [4.78, 5) is 0. The van der Waals surface area contributed by atoms with Gasteiger partial charge in [0, 0.05) is 5.92 Å². The van der Waals surface area contributed by atoms with Gasteiger partial charge in [0.15, 0.2) is 0 Å². The van der Waals surface area contributed by atoms with E-state index in [1.165, 1.54) is 30.4 Å². The molecule has 3 aliphatic rings. The van der Waals surface area contributed by atoms with E-state index in [0.29, 0.717) is 5.92 Å². The molecule has 1 saturated carbocycles. The Labute approximate surface area is 91.4 Å². The van der Waals surface area contributed by atoms with E-state index in [0.717, 1.165) is 5.92 Å². The smallest absolute Gasteiger partial charge is 0.00601 e. The molecule has 0 heteroatoms. The van der Waals surface area contributed by atoms with E-state index >= 15 is 0 Å². The zero-order valence-corrected chi connectivity index (χ0v) is 8.95. The van der Waals surface area contributed by atoms with Crippen LogP contribution in [0.25, 0.3) is 0 Å². The van der Waals surface area contributed by atoms with Crippen LogP contribution in [-0.2, 0) is 0 Å². The number of hydrogen-bond acceptors (Lipinski definition) is 0. The number of rotatable bonds is 1. The molecule has 2 atom stereocenters. The van der Waals surface area contributed by atoms with Crippen molar-refractivity contribution < 1.29 is 0 Å². The Morgan fingerprint density at radius 2 is 2.07 bits per heavy atom. The Kier molecular flexibility index (Phi) is 2.02. The van der Waals surface area contributed by atoms with Gasteiger partial charge < -0.3 is 0 Å². The Hall–Kier alpha value is -1.30. The van der Waals surface area contributed by atoms with E-state index in [9.17, 15) is 0 Å². The van der Waals surface area contributed by atoms with Crippen LogP contribution in [0.1, 0.15) is 19.3 Å². The van der Waals surface area contributed by atoms with Gasteiger partial charge in [0.2, 0.25) is 0 Å². The van der Waals surface area contributed by atoms with E-state index < -0.39 is 0 Å². The summed E-state index contributed by atoms with van der Waals surface area (Å²) in [5.74, 6) is 1.47. The average molecular weight is 196 g/mol. The van der Waals surface area contributed by atoms with Gasteiger partial charge in [-0.25, -0.2) is 0 Å². The topological polar surface area (TPSA) is 0 Å². The predicted molar refractivity (Wildman–Crippen MR) is 64.4 cm³/mol. The lowest BCUT2D eigenvalue weighted by atomic mass is 9.85. The van der Waals surface area contributed by atoms with Crippen LogP contribution in [0.3, 0.4) is 0 Å². The zero-order chi connectivity index (χ0) is 10.3. The minimum absolute atomic E-state index is 0.655. The third kappa shape index (κ3) is 1.36. The van der Waals surface area contributed by atoms with Gasteiger partial charge >= 0.3 is 0 Å². The van der Waals surface area contributed by atoms with Gasteiger partial charge in [0.05, 0.1) is 0 Å². The molecule has 0 N–H and O–H groups in total. The monoisotopic (exact) mass is 196 g/mol. The van der Waals surface area contributed by atoms with Gasteiger partial charge in [-0.05, 0) is 36.3 Å². The first-order chi connectivity index (χ1) is 7.36. The molecule has 0 amide bonds. The van der Waals surface area contributed by atoms with Crippen molar-refractivity contribution in [2.75, 3.05) is 0 Å². The molecule has 0 bridgehead atoms. The van der Waals surface area contributed by atoms with E-state index in [1.807, 2.05) is 0 Å². The summed E-state index contributed by atoms with van der Waals surface area (Å²) >= 11 is 0. The first-order valence-electron chi connectivity index (χ1n) is 5.80. The lowest BCUT2D eigenvalue weighted by Crippen LogP contribution is -2.06. The van der Waals surface area contributed by atoms with E-state index in [4.69, 9.17) is 0 Å². The van der Waals surface area contributed by atoms with Crippen LogP contribution in [0.2, 0.25) is 0 Å². The largest absolute Gasteiger partial charge is 0.0915 e. The summed E-state index contributed by atoms with van der Waals surface area (Å²) in [6.07, 6.45) is 17.3. The maximum atomic E-state index is 4.12. The summed E-state index contributed by atoms with van der Waals surface area (Å²) in [6, 6.07) is 0. The highest BCUT2D eigenvalue weighted by atomic mass is 14.4. The van der Waals surface area contributed by atoms with E-state index in [2.05, 4.69) is 43.0 Å². The zero-order valence-electron chi connectivity index (χ0n) is 8.95. The number of hydrogen-bond donors (Lipinski definition) is 0. The molecule has 0 aromatic carbocycles. The molecule has 0 radical (unpaired) electrons. The van der Waals surface area contributed by atoms with E-state index in [-0.39, 0.29) is 0 Å². The highest BCUT2D eigenvalue weighted by molar-refractivity contribution is 5.51. The molecule has 0 aromatic heterocycles.